The molecule has 0 amide bonds. The highest BCUT2D eigenvalue weighted by atomic mass is 35.5. The second-order valence-corrected chi connectivity index (χ2v) is 13.5. The Morgan fingerprint density at radius 3 is 2.02 bits per heavy atom. The summed E-state index contributed by atoms with van der Waals surface area (Å²) in [6.07, 6.45) is 0.896. The molecule has 3 nitrogen and oxygen atoms in total. The van der Waals surface area contributed by atoms with E-state index in [1.165, 1.54) is 33.3 Å². The van der Waals surface area contributed by atoms with Crippen LogP contribution >= 0.6 is 11.6 Å². The molecule has 2 aromatic heterocycles. The fraction of sp³-hybridized carbons (Fsp3) is 0.0435. The second-order valence-electron chi connectivity index (χ2n) is 13.1. The largest absolute Gasteiger partial charge is 0.456 e. The Bertz CT molecular complexity index is 2690. The number of para-hydroxylation sites is 3. The standard InChI is InChI=1S/C46H31ClN2O/c47-32-21-20-31-26-41(30-12-4-1-5-13-30)46-45(40(31)27-32)39-25-23-35(28-42(39)49(46)34-16-8-3-9-17-34)48(33-14-6-2-7-15-33)36-22-24-38-37-18-10-11-19-43(37)50-44(38)29-36/h1-25,27-29,41H,26H2. The third kappa shape index (κ3) is 4.58. The van der Waals surface area contributed by atoms with E-state index in [-0.39, 0.29) is 5.92 Å². The third-order valence-electron chi connectivity index (χ3n) is 10.2. The van der Waals surface area contributed by atoms with E-state index < -0.39 is 0 Å². The predicted octanol–water partition coefficient (Wildman–Crippen LogP) is 13.0. The fourth-order valence-corrected chi connectivity index (χ4v) is 8.19. The number of rotatable bonds is 5. The molecule has 238 valence electrons. The van der Waals surface area contributed by atoms with E-state index in [1.807, 2.05) is 18.2 Å². The number of hydrogen-bond donors (Lipinski definition) is 0. The highest BCUT2D eigenvalue weighted by Crippen LogP contribution is 2.50. The van der Waals surface area contributed by atoms with E-state index in [0.29, 0.717) is 0 Å². The summed E-state index contributed by atoms with van der Waals surface area (Å²) < 4.78 is 8.86. The van der Waals surface area contributed by atoms with E-state index >= 15 is 0 Å². The number of fused-ring (bicyclic) bond motifs is 8. The Balaban J connectivity index is 1.26. The fourth-order valence-electron chi connectivity index (χ4n) is 8.02. The average molecular weight is 663 g/mol. The van der Waals surface area contributed by atoms with Gasteiger partial charge < -0.3 is 13.9 Å². The molecule has 0 bridgehead atoms. The zero-order valence-corrected chi connectivity index (χ0v) is 27.9. The third-order valence-corrected chi connectivity index (χ3v) is 10.4. The van der Waals surface area contributed by atoms with Crippen LogP contribution in [0.2, 0.25) is 5.02 Å². The van der Waals surface area contributed by atoms with Crippen molar-refractivity contribution in [1.29, 1.82) is 0 Å². The van der Waals surface area contributed by atoms with Gasteiger partial charge in [-0.3, -0.25) is 0 Å². The van der Waals surface area contributed by atoms with Gasteiger partial charge >= 0.3 is 0 Å². The Hall–Kier alpha value is -6.03. The molecule has 10 rings (SSSR count). The van der Waals surface area contributed by atoms with E-state index in [1.54, 1.807) is 0 Å². The van der Waals surface area contributed by atoms with Crippen molar-refractivity contribution in [3.05, 3.63) is 192 Å². The molecule has 0 radical (unpaired) electrons. The van der Waals surface area contributed by atoms with Crippen molar-refractivity contribution < 1.29 is 4.42 Å². The van der Waals surface area contributed by atoms with Gasteiger partial charge in [0.15, 0.2) is 0 Å². The van der Waals surface area contributed by atoms with Gasteiger partial charge in [-0.05, 0) is 89.8 Å². The summed E-state index contributed by atoms with van der Waals surface area (Å²) in [5.41, 5.74) is 13.6. The first kappa shape index (κ1) is 28.9. The SMILES string of the molecule is Clc1ccc2c(c1)-c1c(n(-c3ccccc3)c3cc(N(c4ccccc4)c4ccc5c(c4)oc4ccccc45)ccc13)C(c1ccccc1)C2. The normalized spacial score (nSPS) is 13.8. The molecular formula is C46H31ClN2O. The van der Waals surface area contributed by atoms with E-state index in [0.717, 1.165) is 61.6 Å². The summed E-state index contributed by atoms with van der Waals surface area (Å²) >= 11 is 6.72. The van der Waals surface area contributed by atoms with Gasteiger partial charge in [-0.2, -0.15) is 0 Å². The number of aromatic nitrogens is 1. The van der Waals surface area contributed by atoms with Crippen LogP contribution in [-0.2, 0) is 6.42 Å². The van der Waals surface area contributed by atoms with E-state index in [4.69, 9.17) is 16.0 Å². The van der Waals surface area contributed by atoms with Crippen LogP contribution in [0.4, 0.5) is 17.1 Å². The minimum absolute atomic E-state index is 0.164. The number of hydrogen-bond acceptors (Lipinski definition) is 2. The number of nitrogens with zero attached hydrogens (tertiary/aromatic N) is 2. The quantitative estimate of drug-likeness (QED) is 0.183. The first-order valence-electron chi connectivity index (χ1n) is 17.1. The van der Waals surface area contributed by atoms with E-state index in [2.05, 4.69) is 161 Å². The van der Waals surface area contributed by atoms with Gasteiger partial charge in [0, 0.05) is 67.2 Å². The molecule has 9 aromatic rings. The maximum atomic E-state index is 6.72. The predicted molar refractivity (Wildman–Crippen MR) is 208 cm³/mol. The van der Waals surface area contributed by atoms with Crippen molar-refractivity contribution in [2.75, 3.05) is 4.90 Å². The minimum atomic E-state index is 0.164. The number of furan rings is 1. The molecule has 1 atom stereocenters. The van der Waals surface area contributed by atoms with Crippen LogP contribution < -0.4 is 4.90 Å². The number of halogens is 1. The molecule has 4 heteroatoms. The van der Waals surface area contributed by atoms with Gasteiger partial charge in [-0.15, -0.1) is 0 Å². The van der Waals surface area contributed by atoms with Crippen LogP contribution in [0.1, 0.15) is 22.7 Å². The average Bonchev–Trinajstić information content (AvgIpc) is 3.71. The molecule has 0 saturated carbocycles. The van der Waals surface area contributed by atoms with Gasteiger partial charge in [0.05, 0.1) is 5.52 Å². The highest BCUT2D eigenvalue weighted by molar-refractivity contribution is 6.31. The lowest BCUT2D eigenvalue weighted by molar-refractivity contribution is 0.669. The summed E-state index contributed by atoms with van der Waals surface area (Å²) in [6, 6.07) is 60.4. The molecule has 0 fully saturated rings. The summed E-state index contributed by atoms with van der Waals surface area (Å²) in [7, 11) is 0. The second kappa shape index (κ2) is 11.5. The van der Waals surface area contributed by atoms with Gasteiger partial charge in [0.2, 0.25) is 0 Å². The first-order chi connectivity index (χ1) is 24.7. The molecule has 7 aromatic carbocycles. The zero-order valence-electron chi connectivity index (χ0n) is 27.1. The van der Waals surface area contributed by atoms with Crippen molar-refractivity contribution >= 4 is 61.5 Å². The molecule has 1 unspecified atom stereocenters. The van der Waals surface area contributed by atoms with E-state index in [9.17, 15) is 0 Å². The molecule has 0 spiro atoms. The smallest absolute Gasteiger partial charge is 0.137 e. The lowest BCUT2D eigenvalue weighted by Gasteiger charge is -2.28. The van der Waals surface area contributed by atoms with Crippen LogP contribution in [0.3, 0.4) is 0 Å². The van der Waals surface area contributed by atoms with Gasteiger partial charge in [0.25, 0.3) is 0 Å². The molecular weight excluding hydrogens is 632 g/mol. The molecule has 0 saturated heterocycles. The molecule has 0 N–H and O–H groups in total. The van der Waals surface area contributed by atoms with Gasteiger partial charge in [0.1, 0.15) is 11.2 Å². The topological polar surface area (TPSA) is 21.3 Å². The maximum absolute atomic E-state index is 6.72. The van der Waals surface area contributed by atoms with Crippen molar-refractivity contribution in [1.82, 2.24) is 4.57 Å². The Morgan fingerprint density at radius 1 is 0.560 bits per heavy atom. The molecule has 2 heterocycles. The van der Waals surface area contributed by atoms with Gasteiger partial charge in [-0.1, -0.05) is 109 Å². The maximum Gasteiger partial charge on any atom is 0.137 e. The summed E-state index contributed by atoms with van der Waals surface area (Å²) in [5, 5.41) is 4.20. The van der Waals surface area contributed by atoms with Crippen LogP contribution in [-0.4, -0.2) is 4.57 Å². The summed E-state index contributed by atoms with van der Waals surface area (Å²) in [6.45, 7) is 0. The number of benzene rings is 7. The Kier molecular flexibility index (Phi) is 6.68. The minimum Gasteiger partial charge on any atom is -0.456 e. The van der Waals surface area contributed by atoms with Crippen LogP contribution in [0.15, 0.2) is 174 Å². The van der Waals surface area contributed by atoms with Crippen LogP contribution in [0.5, 0.6) is 0 Å². The first-order valence-corrected chi connectivity index (χ1v) is 17.4. The summed E-state index contributed by atoms with van der Waals surface area (Å²) in [5.74, 6) is 0.164. The lowest BCUT2D eigenvalue weighted by Crippen LogP contribution is -2.16. The van der Waals surface area contributed by atoms with Gasteiger partial charge in [-0.25, -0.2) is 0 Å². The van der Waals surface area contributed by atoms with Crippen molar-refractivity contribution in [2.24, 2.45) is 0 Å². The van der Waals surface area contributed by atoms with Crippen LogP contribution in [0, 0.1) is 0 Å². The Labute approximate surface area is 295 Å². The van der Waals surface area contributed by atoms with Crippen molar-refractivity contribution in [3.63, 3.8) is 0 Å². The molecule has 50 heavy (non-hydrogen) atoms. The molecule has 0 aliphatic heterocycles. The highest BCUT2D eigenvalue weighted by Gasteiger charge is 2.33. The monoisotopic (exact) mass is 662 g/mol. The number of anilines is 3. The zero-order chi connectivity index (χ0) is 33.2. The summed E-state index contributed by atoms with van der Waals surface area (Å²) in [4.78, 5) is 2.33. The Morgan fingerprint density at radius 2 is 1.22 bits per heavy atom. The van der Waals surface area contributed by atoms with Crippen LogP contribution in [0.25, 0.3) is 49.7 Å². The van der Waals surface area contributed by atoms with Crippen molar-refractivity contribution in [3.8, 4) is 16.8 Å². The van der Waals surface area contributed by atoms with Crippen molar-refractivity contribution in [2.45, 2.75) is 12.3 Å². The lowest BCUT2D eigenvalue weighted by atomic mass is 9.78. The molecule has 1 aliphatic rings. The molecule has 1 aliphatic carbocycles.